The van der Waals surface area contributed by atoms with Crippen LogP contribution < -0.4 is 0 Å². The normalized spacial score (nSPS) is 15.0. The van der Waals surface area contributed by atoms with E-state index in [2.05, 4.69) is 94.2 Å². The molecule has 21 heavy (non-hydrogen) atoms. The molecule has 0 amide bonds. The molecule has 1 aliphatic rings. The zero-order valence-corrected chi connectivity index (χ0v) is 15.0. The van der Waals surface area contributed by atoms with Gasteiger partial charge in [-0.25, -0.2) is 0 Å². The van der Waals surface area contributed by atoms with Crippen molar-refractivity contribution in [3.05, 3.63) is 68.6 Å². The SMILES string of the molecule is CC1(C)c2cc(Br)ccc2-c2c1cc1ccccc1c2Br. The average molecular weight is 402 g/mol. The van der Waals surface area contributed by atoms with Gasteiger partial charge in [0.15, 0.2) is 0 Å². The molecule has 0 radical (unpaired) electrons. The van der Waals surface area contributed by atoms with Crippen molar-refractivity contribution in [3.8, 4) is 11.1 Å². The van der Waals surface area contributed by atoms with Gasteiger partial charge >= 0.3 is 0 Å². The van der Waals surface area contributed by atoms with Gasteiger partial charge in [-0.05, 0) is 61.6 Å². The summed E-state index contributed by atoms with van der Waals surface area (Å²) in [4.78, 5) is 0. The summed E-state index contributed by atoms with van der Waals surface area (Å²) in [6.07, 6.45) is 0. The van der Waals surface area contributed by atoms with Gasteiger partial charge in [-0.1, -0.05) is 60.1 Å². The van der Waals surface area contributed by atoms with Crippen molar-refractivity contribution in [1.29, 1.82) is 0 Å². The van der Waals surface area contributed by atoms with Gasteiger partial charge in [-0.15, -0.1) is 0 Å². The van der Waals surface area contributed by atoms with Gasteiger partial charge in [0.1, 0.15) is 0 Å². The second-order valence-electron chi connectivity index (χ2n) is 6.15. The lowest BCUT2D eigenvalue weighted by atomic mass is 9.82. The first-order chi connectivity index (χ1) is 10.00. The molecule has 104 valence electrons. The predicted octanol–water partition coefficient (Wildman–Crippen LogP) is 6.67. The molecule has 0 fully saturated rings. The lowest BCUT2D eigenvalue weighted by molar-refractivity contribution is 0.660. The third-order valence-corrected chi connectivity index (χ3v) is 5.90. The summed E-state index contributed by atoms with van der Waals surface area (Å²) in [5, 5.41) is 2.57. The molecule has 0 saturated carbocycles. The van der Waals surface area contributed by atoms with Gasteiger partial charge in [-0.2, -0.15) is 0 Å². The van der Waals surface area contributed by atoms with Crippen LogP contribution in [0.4, 0.5) is 0 Å². The van der Waals surface area contributed by atoms with E-state index >= 15 is 0 Å². The van der Waals surface area contributed by atoms with E-state index in [0.717, 1.165) is 4.47 Å². The van der Waals surface area contributed by atoms with E-state index in [-0.39, 0.29) is 5.41 Å². The smallest absolute Gasteiger partial charge is 0.0335 e. The van der Waals surface area contributed by atoms with Crippen LogP contribution in [0.3, 0.4) is 0 Å². The molecule has 0 saturated heterocycles. The number of halogens is 2. The molecule has 0 heterocycles. The van der Waals surface area contributed by atoms with Crippen LogP contribution in [0.15, 0.2) is 57.5 Å². The van der Waals surface area contributed by atoms with Crippen molar-refractivity contribution >= 4 is 42.6 Å². The van der Waals surface area contributed by atoms with Gasteiger partial charge < -0.3 is 0 Å². The summed E-state index contributed by atoms with van der Waals surface area (Å²) in [5.41, 5.74) is 5.52. The van der Waals surface area contributed by atoms with Gasteiger partial charge in [0.25, 0.3) is 0 Å². The van der Waals surface area contributed by atoms with Crippen LogP contribution in [0.25, 0.3) is 21.9 Å². The topological polar surface area (TPSA) is 0 Å². The van der Waals surface area contributed by atoms with Crippen LogP contribution in [0.1, 0.15) is 25.0 Å². The summed E-state index contributed by atoms with van der Waals surface area (Å²) in [6, 6.07) is 17.5. The number of benzene rings is 3. The molecule has 0 nitrogen and oxygen atoms in total. The van der Waals surface area contributed by atoms with Crippen LogP contribution in [-0.4, -0.2) is 0 Å². The maximum absolute atomic E-state index is 3.86. The first kappa shape index (κ1) is 13.5. The van der Waals surface area contributed by atoms with E-state index in [9.17, 15) is 0 Å². The number of rotatable bonds is 0. The van der Waals surface area contributed by atoms with Crippen LogP contribution >= 0.6 is 31.9 Å². The first-order valence-electron chi connectivity index (χ1n) is 7.02. The highest BCUT2D eigenvalue weighted by atomic mass is 79.9. The standard InChI is InChI=1S/C19H14Br2/c1-19(2)15-10-12(20)7-8-14(15)17-16(19)9-11-5-3-4-6-13(11)18(17)21/h3-10H,1-2H3. The van der Waals surface area contributed by atoms with Crippen molar-refractivity contribution in [2.45, 2.75) is 19.3 Å². The fourth-order valence-electron chi connectivity index (χ4n) is 3.46. The van der Waals surface area contributed by atoms with E-state index in [1.165, 1.54) is 37.5 Å². The fraction of sp³-hybridized carbons (Fsp3) is 0.158. The van der Waals surface area contributed by atoms with Crippen LogP contribution in [-0.2, 0) is 5.41 Å². The molecule has 3 aromatic carbocycles. The van der Waals surface area contributed by atoms with Gasteiger partial charge in [-0.3, -0.25) is 0 Å². The van der Waals surface area contributed by atoms with Crippen molar-refractivity contribution < 1.29 is 0 Å². The largest absolute Gasteiger partial charge is 0.0616 e. The van der Waals surface area contributed by atoms with Crippen molar-refractivity contribution in [3.63, 3.8) is 0 Å². The molecule has 0 unspecified atom stereocenters. The molecule has 0 aromatic heterocycles. The molecular formula is C19H14Br2. The summed E-state index contributed by atoms with van der Waals surface area (Å²) >= 11 is 7.47. The second-order valence-corrected chi connectivity index (χ2v) is 7.86. The lowest BCUT2D eigenvalue weighted by Gasteiger charge is -2.22. The molecular weight excluding hydrogens is 388 g/mol. The number of hydrogen-bond acceptors (Lipinski definition) is 0. The van der Waals surface area contributed by atoms with Crippen molar-refractivity contribution in [2.24, 2.45) is 0 Å². The second kappa shape index (κ2) is 4.44. The molecule has 3 aromatic rings. The third-order valence-electron chi connectivity index (χ3n) is 4.58. The van der Waals surface area contributed by atoms with E-state index in [0.29, 0.717) is 0 Å². The summed E-state index contributed by atoms with van der Waals surface area (Å²) in [5.74, 6) is 0. The molecule has 0 spiro atoms. The Bertz CT molecular complexity index is 891. The Morgan fingerprint density at radius 2 is 1.62 bits per heavy atom. The zero-order chi connectivity index (χ0) is 14.8. The molecule has 0 bridgehead atoms. The van der Waals surface area contributed by atoms with Crippen LogP contribution in [0.2, 0.25) is 0 Å². The van der Waals surface area contributed by atoms with E-state index < -0.39 is 0 Å². The van der Waals surface area contributed by atoms with Gasteiger partial charge in [0.05, 0.1) is 0 Å². The minimum atomic E-state index is 0.0288. The Balaban J connectivity index is 2.18. The monoisotopic (exact) mass is 400 g/mol. The quantitative estimate of drug-likeness (QED) is 0.394. The highest BCUT2D eigenvalue weighted by Crippen LogP contribution is 2.53. The molecule has 0 atom stereocenters. The minimum Gasteiger partial charge on any atom is -0.0616 e. The lowest BCUT2D eigenvalue weighted by Crippen LogP contribution is -2.15. The van der Waals surface area contributed by atoms with Gasteiger partial charge in [0.2, 0.25) is 0 Å². The maximum atomic E-state index is 3.86. The Kier molecular flexibility index (Phi) is 2.86. The molecule has 2 heteroatoms. The molecule has 4 rings (SSSR count). The average Bonchev–Trinajstić information content (AvgIpc) is 2.68. The zero-order valence-electron chi connectivity index (χ0n) is 11.9. The van der Waals surface area contributed by atoms with Crippen LogP contribution in [0.5, 0.6) is 0 Å². The first-order valence-corrected chi connectivity index (χ1v) is 8.61. The summed E-state index contributed by atoms with van der Waals surface area (Å²) < 4.78 is 2.35. The Morgan fingerprint density at radius 3 is 2.43 bits per heavy atom. The van der Waals surface area contributed by atoms with Crippen molar-refractivity contribution in [2.75, 3.05) is 0 Å². The Hall–Kier alpha value is -1.12. The Labute approximate surface area is 141 Å². The van der Waals surface area contributed by atoms with Crippen molar-refractivity contribution in [1.82, 2.24) is 0 Å². The molecule has 0 N–H and O–H groups in total. The highest BCUT2D eigenvalue weighted by molar-refractivity contribution is 9.11. The minimum absolute atomic E-state index is 0.0288. The fourth-order valence-corrected chi connectivity index (χ4v) is 4.61. The van der Waals surface area contributed by atoms with E-state index in [1.54, 1.807) is 0 Å². The number of fused-ring (bicyclic) bond motifs is 4. The molecule has 0 aliphatic heterocycles. The predicted molar refractivity (Wildman–Crippen MR) is 96.9 cm³/mol. The summed E-state index contributed by atoms with van der Waals surface area (Å²) in [7, 11) is 0. The molecule has 1 aliphatic carbocycles. The van der Waals surface area contributed by atoms with Crippen LogP contribution in [0, 0.1) is 0 Å². The summed E-state index contributed by atoms with van der Waals surface area (Å²) in [6.45, 7) is 4.62. The number of hydrogen-bond donors (Lipinski definition) is 0. The Morgan fingerprint density at radius 1 is 0.857 bits per heavy atom. The third kappa shape index (κ3) is 1.79. The van der Waals surface area contributed by atoms with Gasteiger partial charge in [0, 0.05) is 19.9 Å². The maximum Gasteiger partial charge on any atom is 0.0335 e. The van der Waals surface area contributed by atoms with E-state index in [4.69, 9.17) is 0 Å². The van der Waals surface area contributed by atoms with E-state index in [1.807, 2.05) is 0 Å². The highest BCUT2D eigenvalue weighted by Gasteiger charge is 2.37.